The predicted molar refractivity (Wildman–Crippen MR) is 65.6 cm³/mol. The number of amides is 1. The lowest BCUT2D eigenvalue weighted by atomic mass is 10.1. The molecule has 1 unspecified atom stereocenters. The molecule has 1 aromatic rings. The van der Waals surface area contributed by atoms with Gasteiger partial charge in [-0.15, -0.1) is 0 Å². The first-order chi connectivity index (χ1) is 8.09. The Balaban J connectivity index is 2.15. The highest BCUT2D eigenvalue weighted by Crippen LogP contribution is 2.19. The molecule has 1 saturated heterocycles. The van der Waals surface area contributed by atoms with Gasteiger partial charge in [-0.2, -0.15) is 0 Å². The third kappa shape index (κ3) is 2.47. The van der Waals surface area contributed by atoms with Crippen LogP contribution in [0.2, 0.25) is 0 Å². The van der Waals surface area contributed by atoms with Crippen LogP contribution in [0.15, 0.2) is 18.2 Å². The average molecular weight is 236 g/mol. The molecule has 4 heteroatoms. The number of likely N-dealkylation sites (N-methyl/N-ethyl adjacent to an activating group) is 1. The fraction of sp³-hybridized carbons (Fsp3) is 0.462. The van der Waals surface area contributed by atoms with Crippen LogP contribution in [0.3, 0.4) is 0 Å². The van der Waals surface area contributed by atoms with Crippen molar-refractivity contribution in [2.75, 3.05) is 18.5 Å². The number of halogens is 1. The van der Waals surface area contributed by atoms with Gasteiger partial charge in [0.15, 0.2) is 0 Å². The molecular formula is C13H17FN2O. The minimum atomic E-state index is -0.242. The Morgan fingerprint density at radius 2 is 2.29 bits per heavy atom. The number of hydrogen-bond acceptors (Lipinski definition) is 2. The Morgan fingerprint density at radius 1 is 1.53 bits per heavy atom. The predicted octanol–water partition coefficient (Wildman–Crippen LogP) is 1.85. The topological polar surface area (TPSA) is 32.3 Å². The molecule has 1 amide bonds. The van der Waals surface area contributed by atoms with Gasteiger partial charge in [-0.1, -0.05) is 0 Å². The summed E-state index contributed by atoms with van der Waals surface area (Å²) in [7, 11) is 1.73. The Morgan fingerprint density at radius 3 is 2.88 bits per heavy atom. The van der Waals surface area contributed by atoms with E-state index in [2.05, 4.69) is 5.32 Å². The first-order valence-corrected chi connectivity index (χ1v) is 5.86. The standard InChI is InChI=1S/C13H17FN2O/c1-9-8-10(5-6-11(9)14)16(2)13(17)12-4-3-7-15-12/h5-6,8,12,15H,3-4,7H2,1-2H3. The largest absolute Gasteiger partial charge is 0.314 e. The van der Waals surface area contributed by atoms with Crippen molar-refractivity contribution in [3.8, 4) is 0 Å². The van der Waals surface area contributed by atoms with Crippen LogP contribution in [0.1, 0.15) is 18.4 Å². The van der Waals surface area contributed by atoms with E-state index in [1.54, 1.807) is 31.0 Å². The maximum Gasteiger partial charge on any atom is 0.243 e. The van der Waals surface area contributed by atoms with Crippen LogP contribution in [0.25, 0.3) is 0 Å². The van der Waals surface area contributed by atoms with Gasteiger partial charge in [0.1, 0.15) is 5.82 Å². The maximum atomic E-state index is 13.1. The van der Waals surface area contributed by atoms with Crippen LogP contribution >= 0.6 is 0 Å². The normalized spacial score (nSPS) is 19.4. The average Bonchev–Trinajstić information content (AvgIpc) is 2.84. The van der Waals surface area contributed by atoms with Gasteiger partial charge in [0.05, 0.1) is 6.04 Å². The summed E-state index contributed by atoms with van der Waals surface area (Å²) in [6, 6.07) is 4.64. The fourth-order valence-electron chi connectivity index (χ4n) is 2.09. The molecule has 3 nitrogen and oxygen atoms in total. The van der Waals surface area contributed by atoms with Crippen molar-refractivity contribution in [1.29, 1.82) is 0 Å². The van der Waals surface area contributed by atoms with Crippen LogP contribution in [-0.2, 0) is 4.79 Å². The zero-order valence-electron chi connectivity index (χ0n) is 10.2. The van der Waals surface area contributed by atoms with E-state index < -0.39 is 0 Å². The van der Waals surface area contributed by atoms with Crippen molar-refractivity contribution in [1.82, 2.24) is 5.32 Å². The minimum Gasteiger partial charge on any atom is -0.314 e. The molecule has 1 aliphatic rings. The van der Waals surface area contributed by atoms with E-state index >= 15 is 0 Å². The van der Waals surface area contributed by atoms with Crippen molar-refractivity contribution in [3.63, 3.8) is 0 Å². The van der Waals surface area contributed by atoms with Gasteiger partial charge in [0.25, 0.3) is 0 Å². The van der Waals surface area contributed by atoms with Crippen molar-refractivity contribution in [2.24, 2.45) is 0 Å². The lowest BCUT2D eigenvalue weighted by molar-refractivity contribution is -0.119. The quantitative estimate of drug-likeness (QED) is 0.850. The number of nitrogens with one attached hydrogen (secondary N) is 1. The minimum absolute atomic E-state index is 0.0495. The molecule has 1 fully saturated rings. The van der Waals surface area contributed by atoms with E-state index in [4.69, 9.17) is 0 Å². The second kappa shape index (κ2) is 4.84. The Labute approximate surface area is 101 Å². The first kappa shape index (κ1) is 12.0. The Hall–Kier alpha value is -1.42. The molecule has 0 saturated carbocycles. The van der Waals surface area contributed by atoms with Crippen molar-refractivity contribution < 1.29 is 9.18 Å². The smallest absolute Gasteiger partial charge is 0.243 e. The van der Waals surface area contributed by atoms with Crippen molar-refractivity contribution in [2.45, 2.75) is 25.8 Å². The molecule has 1 heterocycles. The number of carbonyl (C=O) groups is 1. The third-order valence-corrected chi connectivity index (χ3v) is 3.22. The van der Waals surface area contributed by atoms with Gasteiger partial charge in [-0.25, -0.2) is 4.39 Å². The van der Waals surface area contributed by atoms with Crippen LogP contribution in [-0.4, -0.2) is 25.5 Å². The molecule has 0 radical (unpaired) electrons. The fourth-order valence-corrected chi connectivity index (χ4v) is 2.09. The summed E-state index contributed by atoms with van der Waals surface area (Å²) in [6.07, 6.45) is 1.91. The maximum absolute atomic E-state index is 13.1. The van der Waals surface area contributed by atoms with Gasteiger partial charge >= 0.3 is 0 Å². The van der Waals surface area contributed by atoms with E-state index in [9.17, 15) is 9.18 Å². The lowest BCUT2D eigenvalue weighted by Gasteiger charge is -2.21. The van der Waals surface area contributed by atoms with Gasteiger partial charge in [-0.05, 0) is 50.1 Å². The SMILES string of the molecule is Cc1cc(N(C)C(=O)C2CCCN2)ccc1F. The molecule has 1 aromatic carbocycles. The van der Waals surface area contributed by atoms with Crippen LogP contribution < -0.4 is 10.2 Å². The van der Waals surface area contributed by atoms with Gasteiger partial charge in [0, 0.05) is 12.7 Å². The van der Waals surface area contributed by atoms with E-state index in [-0.39, 0.29) is 17.8 Å². The molecule has 2 rings (SSSR count). The van der Waals surface area contributed by atoms with Crippen molar-refractivity contribution >= 4 is 11.6 Å². The summed E-state index contributed by atoms with van der Waals surface area (Å²) in [6.45, 7) is 2.59. The lowest BCUT2D eigenvalue weighted by Crippen LogP contribution is -2.41. The number of nitrogens with zero attached hydrogens (tertiary/aromatic N) is 1. The molecule has 1 N–H and O–H groups in total. The van der Waals surface area contributed by atoms with Crippen molar-refractivity contribution in [3.05, 3.63) is 29.6 Å². The number of benzene rings is 1. The first-order valence-electron chi connectivity index (χ1n) is 5.86. The number of rotatable bonds is 2. The van der Waals surface area contributed by atoms with Gasteiger partial charge in [-0.3, -0.25) is 4.79 Å². The summed E-state index contributed by atoms with van der Waals surface area (Å²) >= 11 is 0. The summed E-state index contributed by atoms with van der Waals surface area (Å²) in [5.74, 6) is -0.193. The molecule has 0 aliphatic carbocycles. The van der Waals surface area contributed by atoms with E-state index in [1.807, 2.05) is 0 Å². The van der Waals surface area contributed by atoms with E-state index in [1.165, 1.54) is 6.07 Å². The molecule has 0 aromatic heterocycles. The van der Waals surface area contributed by atoms with Gasteiger partial charge in [0.2, 0.25) is 5.91 Å². The van der Waals surface area contributed by atoms with Crippen LogP contribution in [0, 0.1) is 12.7 Å². The highest BCUT2D eigenvalue weighted by atomic mass is 19.1. The summed E-state index contributed by atoms with van der Waals surface area (Å²) < 4.78 is 13.1. The van der Waals surface area contributed by atoms with Gasteiger partial charge < -0.3 is 10.2 Å². The zero-order valence-corrected chi connectivity index (χ0v) is 10.2. The summed E-state index contributed by atoms with van der Waals surface area (Å²) in [5.41, 5.74) is 1.30. The monoisotopic (exact) mass is 236 g/mol. The molecule has 92 valence electrons. The number of hydrogen-bond donors (Lipinski definition) is 1. The molecule has 1 atom stereocenters. The highest BCUT2D eigenvalue weighted by molar-refractivity contribution is 5.96. The molecule has 0 bridgehead atoms. The zero-order chi connectivity index (χ0) is 12.4. The second-order valence-corrected chi connectivity index (χ2v) is 4.48. The van der Waals surface area contributed by atoms with Crippen LogP contribution in [0.5, 0.6) is 0 Å². The summed E-state index contributed by atoms with van der Waals surface area (Å²) in [4.78, 5) is 13.7. The molecule has 17 heavy (non-hydrogen) atoms. The summed E-state index contributed by atoms with van der Waals surface area (Å²) in [5, 5.41) is 3.17. The Kier molecular flexibility index (Phi) is 3.43. The number of aryl methyl sites for hydroxylation is 1. The second-order valence-electron chi connectivity index (χ2n) is 4.48. The van der Waals surface area contributed by atoms with E-state index in [0.29, 0.717) is 5.56 Å². The number of carbonyl (C=O) groups excluding carboxylic acids is 1. The number of anilines is 1. The third-order valence-electron chi connectivity index (χ3n) is 3.22. The molecule has 0 spiro atoms. The molecule has 1 aliphatic heterocycles. The molecular weight excluding hydrogens is 219 g/mol. The van der Waals surface area contributed by atoms with E-state index in [0.717, 1.165) is 25.1 Å². The highest BCUT2D eigenvalue weighted by Gasteiger charge is 2.25. The Bertz CT molecular complexity index is 427. The van der Waals surface area contributed by atoms with Crippen LogP contribution in [0.4, 0.5) is 10.1 Å².